The molecule has 4 heteroatoms. The third-order valence-electron chi connectivity index (χ3n) is 7.21. The minimum Gasteiger partial charge on any atom is -0.287 e. The monoisotopic (exact) mass is 309 g/mol. The van der Waals surface area contributed by atoms with Gasteiger partial charge in [-0.15, -0.1) is 0 Å². The van der Waals surface area contributed by atoms with Crippen molar-refractivity contribution in [1.82, 2.24) is 10.4 Å². The molecule has 1 amide bonds. The number of benzene rings is 1. The fourth-order valence-corrected chi connectivity index (χ4v) is 5.62. The number of rotatable bonds is 3. The summed E-state index contributed by atoms with van der Waals surface area (Å²) in [6.07, 6.45) is 3.56. The predicted octanol–water partition coefficient (Wildman–Crippen LogP) is 2.66. The van der Waals surface area contributed by atoms with Crippen molar-refractivity contribution in [3.63, 3.8) is 0 Å². The molecule has 4 atom stereocenters. The lowest BCUT2D eigenvalue weighted by atomic mass is 9.66. The van der Waals surface area contributed by atoms with E-state index in [1.165, 1.54) is 6.42 Å². The summed E-state index contributed by atoms with van der Waals surface area (Å²) < 4.78 is 0. The highest BCUT2D eigenvalue weighted by Gasteiger charge is 2.78. The second-order valence-electron chi connectivity index (χ2n) is 7.94. The van der Waals surface area contributed by atoms with Gasteiger partial charge in [0.05, 0.1) is 12.5 Å². The lowest BCUT2D eigenvalue weighted by Crippen LogP contribution is -2.59. The van der Waals surface area contributed by atoms with Gasteiger partial charge in [-0.25, -0.2) is 0 Å². The topological polar surface area (TPSA) is 56.1 Å². The van der Waals surface area contributed by atoms with Crippen LogP contribution in [-0.2, 0) is 11.2 Å². The molecule has 1 N–H and O–H groups in total. The molecule has 4 nitrogen and oxygen atoms in total. The molecule has 1 saturated heterocycles. The second kappa shape index (κ2) is 4.58. The van der Waals surface area contributed by atoms with Gasteiger partial charge in [-0.1, -0.05) is 44.2 Å². The minimum atomic E-state index is -0.531. The molecule has 2 saturated carbocycles. The summed E-state index contributed by atoms with van der Waals surface area (Å²) in [6, 6.07) is 12.3. The zero-order valence-electron chi connectivity index (χ0n) is 13.8. The van der Waals surface area contributed by atoms with Crippen LogP contribution in [0.3, 0.4) is 0 Å². The highest BCUT2D eigenvalue weighted by molar-refractivity contribution is 5.78. The number of carbonyl (C=O) groups is 1. The van der Waals surface area contributed by atoms with E-state index in [1.54, 1.807) is 0 Å². The Morgan fingerprint density at radius 2 is 2.13 bits per heavy atom. The molecule has 1 aromatic rings. The maximum Gasteiger partial charge on any atom is 0.238 e. The zero-order valence-corrected chi connectivity index (χ0v) is 13.8. The summed E-state index contributed by atoms with van der Waals surface area (Å²) in [7, 11) is 0. The summed E-state index contributed by atoms with van der Waals surface area (Å²) in [6.45, 7) is 5.36. The van der Waals surface area contributed by atoms with Gasteiger partial charge in [0.25, 0.3) is 0 Å². The number of nitrogens with zero attached hydrogens (tertiary/aromatic N) is 2. The molecule has 2 aliphatic carbocycles. The van der Waals surface area contributed by atoms with E-state index in [1.807, 2.05) is 35.3 Å². The summed E-state index contributed by atoms with van der Waals surface area (Å²) in [4.78, 5) is 12.5. The number of hydrogen-bond donors (Lipinski definition) is 1. The van der Waals surface area contributed by atoms with E-state index in [2.05, 4.69) is 25.3 Å². The van der Waals surface area contributed by atoms with Gasteiger partial charge in [0.15, 0.2) is 0 Å². The third-order valence-corrected chi connectivity index (χ3v) is 7.21. The SMILES string of the molecule is C[C@@]12CC[C@H]3C[C@@]1(C#N)N(NC(=O)Cc1ccccc1)C[C@]32C. The lowest BCUT2D eigenvalue weighted by Gasteiger charge is -2.42. The largest absolute Gasteiger partial charge is 0.287 e. The maximum absolute atomic E-state index is 12.5. The van der Waals surface area contributed by atoms with Crippen molar-refractivity contribution in [3.8, 4) is 6.07 Å². The van der Waals surface area contributed by atoms with E-state index in [-0.39, 0.29) is 16.7 Å². The summed E-state index contributed by atoms with van der Waals surface area (Å²) in [5.74, 6) is 0.593. The molecule has 3 fully saturated rings. The van der Waals surface area contributed by atoms with Crippen molar-refractivity contribution in [2.75, 3.05) is 6.54 Å². The molecular weight excluding hydrogens is 286 g/mol. The van der Waals surface area contributed by atoms with E-state index in [0.29, 0.717) is 12.3 Å². The van der Waals surface area contributed by atoms with Gasteiger partial charge < -0.3 is 0 Å². The van der Waals surface area contributed by atoms with Gasteiger partial charge in [0.1, 0.15) is 5.54 Å². The Balaban J connectivity index is 1.55. The molecular formula is C19H23N3O. The first-order valence-electron chi connectivity index (χ1n) is 8.47. The molecule has 1 aliphatic heterocycles. The molecule has 0 spiro atoms. The first-order chi connectivity index (χ1) is 11.0. The molecule has 0 unspecified atom stereocenters. The standard InChI is InChI=1S/C19H23N3O/c1-17-13-22(21-16(23)10-14-6-4-3-5-7-14)19(12-20)11-15(17)8-9-18(17,19)2/h3-7,15H,8-11,13H2,1-2H3,(H,21,23)/t15-,17+,18-,19-/m0/s1. The minimum absolute atomic E-state index is 0.0144. The molecule has 1 heterocycles. The van der Waals surface area contributed by atoms with E-state index < -0.39 is 5.54 Å². The van der Waals surface area contributed by atoms with Crippen molar-refractivity contribution in [1.29, 1.82) is 5.26 Å². The van der Waals surface area contributed by atoms with Gasteiger partial charge in [0.2, 0.25) is 5.91 Å². The van der Waals surface area contributed by atoms with Crippen molar-refractivity contribution >= 4 is 5.91 Å². The number of nitrogens with one attached hydrogen (secondary N) is 1. The molecule has 120 valence electrons. The van der Waals surface area contributed by atoms with E-state index in [4.69, 9.17) is 0 Å². The Morgan fingerprint density at radius 1 is 1.39 bits per heavy atom. The van der Waals surface area contributed by atoms with Crippen LogP contribution in [0.4, 0.5) is 0 Å². The third kappa shape index (κ3) is 1.66. The van der Waals surface area contributed by atoms with Crippen LogP contribution in [0.1, 0.15) is 38.7 Å². The molecule has 23 heavy (non-hydrogen) atoms. The normalized spacial score (nSPS) is 41.0. The second-order valence-corrected chi connectivity index (χ2v) is 7.94. The average Bonchev–Trinajstić information content (AvgIpc) is 2.97. The fourth-order valence-electron chi connectivity index (χ4n) is 5.62. The fraction of sp³-hybridized carbons (Fsp3) is 0.579. The Bertz CT molecular complexity index is 696. The smallest absolute Gasteiger partial charge is 0.238 e. The molecule has 4 rings (SSSR count). The molecule has 4 bridgehead atoms. The van der Waals surface area contributed by atoms with Crippen molar-refractivity contribution in [2.45, 2.75) is 45.1 Å². The Morgan fingerprint density at radius 3 is 2.78 bits per heavy atom. The highest BCUT2D eigenvalue weighted by atomic mass is 16.2. The van der Waals surface area contributed by atoms with Crippen molar-refractivity contribution in [2.24, 2.45) is 16.7 Å². The number of hydrogen-bond acceptors (Lipinski definition) is 3. The van der Waals surface area contributed by atoms with Crippen LogP contribution in [0.2, 0.25) is 0 Å². The maximum atomic E-state index is 12.5. The quantitative estimate of drug-likeness (QED) is 0.934. The predicted molar refractivity (Wildman–Crippen MR) is 86.9 cm³/mol. The molecule has 1 aromatic carbocycles. The van der Waals surface area contributed by atoms with E-state index >= 15 is 0 Å². The molecule has 0 radical (unpaired) electrons. The Hall–Kier alpha value is -1.86. The Kier molecular flexibility index (Phi) is 2.93. The zero-order chi connectivity index (χ0) is 16.3. The molecule has 0 aromatic heterocycles. The highest BCUT2D eigenvalue weighted by Crippen LogP contribution is 2.75. The van der Waals surface area contributed by atoms with Crippen LogP contribution >= 0.6 is 0 Å². The van der Waals surface area contributed by atoms with Gasteiger partial charge in [-0.2, -0.15) is 10.3 Å². The van der Waals surface area contributed by atoms with Gasteiger partial charge >= 0.3 is 0 Å². The average molecular weight is 309 g/mol. The summed E-state index contributed by atoms with van der Waals surface area (Å²) in [5.41, 5.74) is 3.65. The van der Waals surface area contributed by atoms with Gasteiger partial charge in [0, 0.05) is 12.0 Å². The van der Waals surface area contributed by atoms with Crippen molar-refractivity contribution in [3.05, 3.63) is 35.9 Å². The van der Waals surface area contributed by atoms with Crippen LogP contribution in [0.15, 0.2) is 30.3 Å². The van der Waals surface area contributed by atoms with E-state index in [9.17, 15) is 10.1 Å². The first-order valence-corrected chi connectivity index (χ1v) is 8.47. The van der Waals surface area contributed by atoms with Crippen LogP contribution in [-0.4, -0.2) is 23.0 Å². The van der Waals surface area contributed by atoms with E-state index in [0.717, 1.165) is 24.9 Å². The van der Waals surface area contributed by atoms with Crippen LogP contribution < -0.4 is 5.43 Å². The summed E-state index contributed by atoms with van der Waals surface area (Å²) in [5, 5.41) is 11.9. The van der Waals surface area contributed by atoms with Crippen LogP contribution in [0.5, 0.6) is 0 Å². The number of nitriles is 1. The Labute approximate surface area is 137 Å². The first kappa shape index (κ1) is 14.7. The van der Waals surface area contributed by atoms with Crippen LogP contribution in [0, 0.1) is 28.1 Å². The van der Waals surface area contributed by atoms with Crippen LogP contribution in [0.25, 0.3) is 0 Å². The summed E-state index contributed by atoms with van der Waals surface area (Å²) >= 11 is 0. The molecule has 3 aliphatic rings. The lowest BCUT2D eigenvalue weighted by molar-refractivity contribution is -0.128. The number of carbonyl (C=O) groups excluding carboxylic acids is 1. The van der Waals surface area contributed by atoms with Gasteiger partial charge in [-0.3, -0.25) is 10.2 Å². The van der Waals surface area contributed by atoms with Crippen molar-refractivity contribution < 1.29 is 4.79 Å². The number of hydrazine groups is 1. The number of amides is 1. The number of piperidine rings is 1. The van der Waals surface area contributed by atoms with Gasteiger partial charge in [-0.05, 0) is 36.2 Å².